The Kier molecular flexibility index (Phi) is 1.50. The van der Waals surface area contributed by atoms with Crippen molar-refractivity contribution in [3.63, 3.8) is 0 Å². The Balaban J connectivity index is 2.53. The van der Waals surface area contributed by atoms with Gasteiger partial charge in [-0.25, -0.2) is 0 Å². The molecule has 0 radical (unpaired) electrons. The Morgan fingerprint density at radius 2 is 1.83 bits per heavy atom. The number of rotatable bonds is 0. The molecule has 1 aliphatic heterocycles. The third-order valence-corrected chi connectivity index (χ3v) is 1.67. The van der Waals surface area contributed by atoms with Crippen molar-refractivity contribution >= 4 is 17.1 Å². The van der Waals surface area contributed by atoms with Gasteiger partial charge in [-0.1, -0.05) is 0 Å². The highest BCUT2D eigenvalue weighted by molar-refractivity contribution is 5.59. The van der Waals surface area contributed by atoms with Gasteiger partial charge in [-0.2, -0.15) is 0 Å². The van der Waals surface area contributed by atoms with Gasteiger partial charge in [0.05, 0.1) is 0 Å². The summed E-state index contributed by atoms with van der Waals surface area (Å²) in [5, 5.41) is 20.6. The number of hydrogen-bond acceptors (Lipinski definition) is 4. The molecule has 0 amide bonds. The Morgan fingerprint density at radius 1 is 1.17 bits per heavy atom. The fourth-order valence-corrected chi connectivity index (χ4v) is 1.10. The fraction of sp³-hybridized carbons (Fsp3) is 0. The summed E-state index contributed by atoms with van der Waals surface area (Å²) in [6, 6.07) is 4.47. The molecule has 1 aromatic rings. The maximum atomic E-state index is 10.9. The molecule has 0 saturated heterocycles. The molecule has 1 aliphatic rings. The van der Waals surface area contributed by atoms with Gasteiger partial charge in [0.15, 0.2) is 0 Å². The summed E-state index contributed by atoms with van der Waals surface area (Å²) in [5.41, 5.74) is 6.40. The second kappa shape index (κ2) is 2.41. The second-order valence-corrected chi connectivity index (χ2v) is 2.48. The molecule has 0 fully saturated rings. The molecule has 64 valence electrons. The van der Waals surface area contributed by atoms with Gasteiger partial charge in [-0.3, -0.25) is 0 Å². The molecule has 2 unspecified atom stereocenters. The standard InChI is InChI=1S/C6H7N3O3/c7-4-1-2-5-6(3-4)9(11)12-8(5)10/h1-3,8-9H,7H2. The normalized spacial score (nSPS) is 27.2. The molecule has 6 heteroatoms. The molecule has 0 aromatic heterocycles. The second-order valence-electron chi connectivity index (χ2n) is 2.48. The van der Waals surface area contributed by atoms with E-state index in [2.05, 4.69) is 4.94 Å². The van der Waals surface area contributed by atoms with Crippen molar-refractivity contribution < 1.29 is 15.4 Å². The molecule has 2 rings (SSSR count). The zero-order valence-corrected chi connectivity index (χ0v) is 6.03. The molecular formula is C6H7N3O3. The lowest BCUT2D eigenvalue weighted by Gasteiger charge is -2.10. The Bertz CT molecular complexity index is 317. The van der Waals surface area contributed by atoms with Crippen molar-refractivity contribution in [1.29, 1.82) is 0 Å². The summed E-state index contributed by atoms with van der Waals surface area (Å²) in [6.45, 7) is 0. The molecule has 1 heterocycles. The van der Waals surface area contributed by atoms with E-state index in [0.29, 0.717) is 5.69 Å². The van der Waals surface area contributed by atoms with Crippen LogP contribution in [0, 0.1) is 10.4 Å². The minimum absolute atomic E-state index is 0.250. The lowest BCUT2D eigenvalue weighted by Crippen LogP contribution is -3.15. The molecule has 1 aromatic carbocycles. The summed E-state index contributed by atoms with van der Waals surface area (Å²) in [5.74, 6) is 0. The Morgan fingerprint density at radius 3 is 2.58 bits per heavy atom. The van der Waals surface area contributed by atoms with Crippen LogP contribution in [0.2, 0.25) is 0 Å². The van der Waals surface area contributed by atoms with E-state index in [1.807, 2.05) is 0 Å². The zero-order valence-electron chi connectivity index (χ0n) is 6.03. The van der Waals surface area contributed by atoms with Crippen molar-refractivity contribution in [2.24, 2.45) is 0 Å². The average Bonchev–Trinajstić information content (AvgIpc) is 2.28. The van der Waals surface area contributed by atoms with Gasteiger partial charge >= 0.3 is 0 Å². The average molecular weight is 169 g/mol. The van der Waals surface area contributed by atoms with Crippen LogP contribution in [-0.2, 0) is 4.94 Å². The van der Waals surface area contributed by atoms with Crippen LogP contribution in [0.3, 0.4) is 0 Å². The first-order valence-corrected chi connectivity index (χ1v) is 3.34. The summed E-state index contributed by atoms with van der Waals surface area (Å²) in [7, 11) is 0. The molecule has 2 atom stereocenters. The Labute approximate surface area is 67.8 Å². The van der Waals surface area contributed by atoms with E-state index in [0.717, 1.165) is 0 Å². The summed E-state index contributed by atoms with van der Waals surface area (Å²) >= 11 is 0. The van der Waals surface area contributed by atoms with Crippen molar-refractivity contribution in [3.05, 3.63) is 28.6 Å². The van der Waals surface area contributed by atoms with E-state index in [1.54, 1.807) is 6.07 Å². The number of quaternary nitrogens is 2. The first-order chi connectivity index (χ1) is 5.68. The Hall–Kier alpha value is -1.18. The van der Waals surface area contributed by atoms with Crippen molar-refractivity contribution in [3.8, 4) is 0 Å². The van der Waals surface area contributed by atoms with Crippen molar-refractivity contribution in [2.45, 2.75) is 0 Å². The van der Waals surface area contributed by atoms with Crippen LogP contribution in [0.15, 0.2) is 18.2 Å². The number of fused-ring (bicyclic) bond motifs is 1. The molecule has 12 heavy (non-hydrogen) atoms. The van der Waals surface area contributed by atoms with Gasteiger partial charge in [-0.15, -0.1) is 10.5 Å². The maximum Gasteiger partial charge on any atom is 0.235 e. The molecule has 0 bridgehead atoms. The van der Waals surface area contributed by atoms with Crippen LogP contribution in [0.4, 0.5) is 17.1 Å². The topological polar surface area (TPSA) is 90.2 Å². The molecule has 6 nitrogen and oxygen atoms in total. The quantitative estimate of drug-likeness (QED) is 0.314. The first kappa shape index (κ1) is 7.47. The fourth-order valence-electron chi connectivity index (χ4n) is 1.10. The van der Waals surface area contributed by atoms with Crippen molar-refractivity contribution in [2.75, 3.05) is 5.73 Å². The van der Waals surface area contributed by atoms with Crippen LogP contribution in [0.5, 0.6) is 0 Å². The predicted octanol–water partition coefficient (Wildman–Crippen LogP) is -1.84. The number of anilines is 1. The summed E-state index contributed by atoms with van der Waals surface area (Å²) < 4.78 is 0. The highest BCUT2D eigenvalue weighted by Gasteiger charge is 2.29. The van der Waals surface area contributed by atoms with Crippen LogP contribution in [-0.4, -0.2) is 0 Å². The van der Waals surface area contributed by atoms with Crippen LogP contribution < -0.4 is 16.2 Å². The lowest BCUT2D eigenvalue weighted by atomic mass is 10.2. The first-order valence-electron chi connectivity index (χ1n) is 3.34. The number of hydrogen-bond donors (Lipinski definition) is 3. The van der Waals surface area contributed by atoms with E-state index in [4.69, 9.17) is 5.73 Å². The number of nitrogen functional groups attached to an aromatic ring is 1. The largest absolute Gasteiger partial charge is 0.590 e. The van der Waals surface area contributed by atoms with E-state index in [-0.39, 0.29) is 11.4 Å². The van der Waals surface area contributed by atoms with Crippen LogP contribution in [0.1, 0.15) is 0 Å². The third kappa shape index (κ3) is 0.951. The van der Waals surface area contributed by atoms with Crippen molar-refractivity contribution in [1.82, 2.24) is 0 Å². The van der Waals surface area contributed by atoms with Gasteiger partial charge in [0.25, 0.3) is 0 Å². The van der Waals surface area contributed by atoms with Gasteiger partial charge in [-0.05, 0) is 6.07 Å². The summed E-state index contributed by atoms with van der Waals surface area (Å²) in [6.07, 6.45) is 0. The van der Waals surface area contributed by atoms with E-state index >= 15 is 0 Å². The molecule has 4 N–H and O–H groups in total. The van der Waals surface area contributed by atoms with Crippen LogP contribution in [0.25, 0.3) is 0 Å². The van der Waals surface area contributed by atoms with E-state index in [1.165, 1.54) is 12.1 Å². The highest BCUT2D eigenvalue weighted by Crippen LogP contribution is 2.18. The number of nitrogens with one attached hydrogen (secondary N) is 2. The lowest BCUT2D eigenvalue weighted by molar-refractivity contribution is -1.24. The maximum absolute atomic E-state index is 10.9. The molecular weight excluding hydrogens is 162 g/mol. The molecule has 0 saturated carbocycles. The van der Waals surface area contributed by atoms with E-state index in [9.17, 15) is 10.4 Å². The van der Waals surface area contributed by atoms with Gasteiger partial charge in [0.1, 0.15) is 0 Å². The van der Waals surface area contributed by atoms with Gasteiger partial charge < -0.3 is 16.1 Å². The minimum Gasteiger partial charge on any atom is -0.590 e. The minimum atomic E-state index is -0.623. The predicted molar refractivity (Wildman–Crippen MR) is 39.9 cm³/mol. The number of nitrogens with two attached hydrogens (primary N) is 1. The SMILES string of the molecule is Nc1ccc2c(c1)[NH+]([O-])O[NH+]2[O-]. The number of benzene rings is 1. The third-order valence-electron chi connectivity index (χ3n) is 1.67. The highest BCUT2D eigenvalue weighted by atomic mass is 17.1. The monoisotopic (exact) mass is 169 g/mol. The smallest absolute Gasteiger partial charge is 0.235 e. The van der Waals surface area contributed by atoms with Gasteiger partial charge in [0, 0.05) is 22.8 Å². The molecule has 0 aliphatic carbocycles. The molecule has 0 spiro atoms. The van der Waals surface area contributed by atoms with Crippen LogP contribution >= 0.6 is 0 Å². The van der Waals surface area contributed by atoms with Gasteiger partial charge in [0.2, 0.25) is 11.4 Å². The van der Waals surface area contributed by atoms with E-state index < -0.39 is 10.5 Å². The zero-order chi connectivity index (χ0) is 8.72. The summed E-state index contributed by atoms with van der Waals surface area (Å²) in [4.78, 5) is 4.35.